The first kappa shape index (κ1) is 31.2. The van der Waals surface area contributed by atoms with Crippen LogP contribution in [-0.4, -0.2) is 44.3 Å². The van der Waals surface area contributed by atoms with E-state index in [4.69, 9.17) is 11.6 Å². The number of aryl methyl sites for hydroxylation is 3. The molecule has 0 saturated heterocycles. The Morgan fingerprint density at radius 1 is 0.925 bits per heavy atom. The topological polar surface area (TPSA) is 86.8 Å². The van der Waals surface area contributed by atoms with Gasteiger partial charge in [0.25, 0.3) is 10.0 Å². The van der Waals surface area contributed by atoms with Gasteiger partial charge in [0.15, 0.2) is 0 Å². The predicted molar refractivity (Wildman–Crippen MR) is 161 cm³/mol. The number of amides is 2. The number of hydrogen-bond donors (Lipinski definition) is 1. The molecule has 0 fully saturated rings. The van der Waals surface area contributed by atoms with Gasteiger partial charge in [-0.25, -0.2) is 8.42 Å². The minimum atomic E-state index is -4.15. The number of halogens is 1. The second kappa shape index (κ2) is 13.8. The van der Waals surface area contributed by atoms with Gasteiger partial charge in [0.05, 0.1) is 10.6 Å². The van der Waals surface area contributed by atoms with Crippen LogP contribution in [-0.2, 0) is 26.2 Å². The maximum Gasteiger partial charge on any atom is 0.264 e. The summed E-state index contributed by atoms with van der Waals surface area (Å²) in [6.45, 7) is 9.58. The van der Waals surface area contributed by atoms with Crippen LogP contribution < -0.4 is 9.62 Å². The van der Waals surface area contributed by atoms with E-state index in [0.717, 1.165) is 33.0 Å². The summed E-state index contributed by atoms with van der Waals surface area (Å²) < 4.78 is 29.0. The van der Waals surface area contributed by atoms with E-state index in [1.165, 1.54) is 17.0 Å². The Kier molecular flexibility index (Phi) is 10.8. The lowest BCUT2D eigenvalue weighted by atomic mass is 10.1. The summed E-state index contributed by atoms with van der Waals surface area (Å²) in [7, 11) is -4.15. The lowest BCUT2D eigenvalue weighted by molar-refractivity contribution is -0.140. The molecule has 0 spiro atoms. The van der Waals surface area contributed by atoms with E-state index in [1.54, 1.807) is 30.3 Å². The van der Waals surface area contributed by atoms with Crippen LogP contribution in [0.2, 0.25) is 5.02 Å². The van der Waals surface area contributed by atoms with Gasteiger partial charge in [-0.05, 0) is 74.6 Å². The molecule has 3 rings (SSSR count). The molecule has 9 heteroatoms. The first-order chi connectivity index (χ1) is 19.0. The Balaban J connectivity index is 2.09. The number of carbonyl (C=O) groups excluding carboxylic acids is 2. The molecule has 0 aliphatic carbocycles. The van der Waals surface area contributed by atoms with Crippen molar-refractivity contribution >= 4 is 39.1 Å². The van der Waals surface area contributed by atoms with Crippen molar-refractivity contribution in [2.45, 2.75) is 64.9 Å². The number of sulfonamides is 1. The average molecular weight is 584 g/mol. The summed E-state index contributed by atoms with van der Waals surface area (Å²) in [4.78, 5) is 28.8. The summed E-state index contributed by atoms with van der Waals surface area (Å²) in [6.07, 6.45) is 1.12. The van der Waals surface area contributed by atoms with Crippen LogP contribution in [0.25, 0.3) is 0 Å². The largest absolute Gasteiger partial charge is 0.354 e. The van der Waals surface area contributed by atoms with E-state index in [0.29, 0.717) is 18.0 Å². The Hall–Kier alpha value is -3.36. The number of anilines is 1. The van der Waals surface area contributed by atoms with Crippen molar-refractivity contribution in [2.75, 3.05) is 17.4 Å². The molecule has 0 saturated carbocycles. The number of nitrogens with zero attached hydrogens (tertiary/aromatic N) is 2. The molecule has 214 valence electrons. The monoisotopic (exact) mass is 583 g/mol. The van der Waals surface area contributed by atoms with Gasteiger partial charge in [0.1, 0.15) is 12.6 Å². The average Bonchev–Trinajstić information content (AvgIpc) is 2.93. The summed E-state index contributed by atoms with van der Waals surface area (Å²) >= 11 is 6.39. The molecule has 1 N–H and O–H groups in total. The summed E-state index contributed by atoms with van der Waals surface area (Å²) in [5.74, 6) is -0.758. The minimum absolute atomic E-state index is 0.0563. The highest BCUT2D eigenvalue weighted by molar-refractivity contribution is 7.92. The maximum absolute atomic E-state index is 14.1. The van der Waals surface area contributed by atoms with Gasteiger partial charge in [-0.1, -0.05) is 73.5 Å². The molecule has 7 nitrogen and oxygen atoms in total. The Morgan fingerprint density at radius 3 is 2.20 bits per heavy atom. The fourth-order valence-electron chi connectivity index (χ4n) is 4.36. The first-order valence-electron chi connectivity index (χ1n) is 13.5. The van der Waals surface area contributed by atoms with Crippen molar-refractivity contribution in [2.24, 2.45) is 0 Å². The molecular formula is C31H38ClN3O4S. The fourth-order valence-corrected chi connectivity index (χ4v) is 5.94. The van der Waals surface area contributed by atoms with Crippen LogP contribution >= 0.6 is 11.6 Å². The predicted octanol–water partition coefficient (Wildman–Crippen LogP) is 5.79. The molecule has 3 aromatic carbocycles. The minimum Gasteiger partial charge on any atom is -0.354 e. The number of benzene rings is 3. The smallest absolute Gasteiger partial charge is 0.264 e. The van der Waals surface area contributed by atoms with Gasteiger partial charge in [0.2, 0.25) is 11.8 Å². The highest BCUT2D eigenvalue weighted by atomic mass is 35.5. The summed E-state index contributed by atoms with van der Waals surface area (Å²) in [5, 5.41) is 3.28. The van der Waals surface area contributed by atoms with Gasteiger partial charge in [-0.2, -0.15) is 0 Å². The SMILES string of the molecule is CCCNC(=O)[C@@H](CC)N(Cc1ccccc1C)C(=O)CN(c1ccc(C)c(Cl)c1)S(=O)(=O)c1ccc(C)cc1. The van der Waals surface area contributed by atoms with E-state index in [-0.39, 0.29) is 23.0 Å². The summed E-state index contributed by atoms with van der Waals surface area (Å²) in [5.41, 5.74) is 3.81. The third-order valence-electron chi connectivity index (χ3n) is 6.87. The highest BCUT2D eigenvalue weighted by Gasteiger charge is 2.34. The third-order valence-corrected chi connectivity index (χ3v) is 9.06. The van der Waals surface area contributed by atoms with Crippen molar-refractivity contribution in [1.82, 2.24) is 10.2 Å². The van der Waals surface area contributed by atoms with Crippen molar-refractivity contribution in [3.63, 3.8) is 0 Å². The molecule has 0 aromatic heterocycles. The number of carbonyl (C=O) groups is 2. The maximum atomic E-state index is 14.1. The molecule has 0 heterocycles. The summed E-state index contributed by atoms with van der Waals surface area (Å²) in [6, 6.07) is 18.2. The molecule has 1 atom stereocenters. The number of rotatable bonds is 12. The van der Waals surface area contributed by atoms with Crippen LogP contribution in [0.1, 0.15) is 48.9 Å². The normalized spacial score (nSPS) is 12.1. The van der Waals surface area contributed by atoms with Crippen LogP contribution in [0.15, 0.2) is 71.6 Å². The zero-order chi connectivity index (χ0) is 29.4. The number of hydrogen-bond acceptors (Lipinski definition) is 4. The molecule has 0 bridgehead atoms. The van der Waals surface area contributed by atoms with Crippen molar-refractivity contribution in [3.8, 4) is 0 Å². The molecule has 0 aliphatic rings. The molecule has 0 unspecified atom stereocenters. The van der Waals surface area contributed by atoms with Crippen LogP contribution in [0.4, 0.5) is 5.69 Å². The Morgan fingerprint density at radius 2 is 1.60 bits per heavy atom. The molecule has 2 amide bonds. The third kappa shape index (κ3) is 7.43. The van der Waals surface area contributed by atoms with Crippen LogP contribution in [0.3, 0.4) is 0 Å². The van der Waals surface area contributed by atoms with Crippen LogP contribution in [0.5, 0.6) is 0 Å². The zero-order valence-electron chi connectivity index (χ0n) is 23.8. The molecular weight excluding hydrogens is 546 g/mol. The molecule has 0 aliphatic heterocycles. The zero-order valence-corrected chi connectivity index (χ0v) is 25.3. The van der Waals surface area contributed by atoms with E-state index < -0.39 is 28.5 Å². The van der Waals surface area contributed by atoms with E-state index in [9.17, 15) is 18.0 Å². The molecule has 3 aromatic rings. The lowest BCUT2D eigenvalue weighted by Gasteiger charge is -2.33. The van der Waals surface area contributed by atoms with Crippen LogP contribution in [0, 0.1) is 20.8 Å². The standard InChI is InChI=1S/C31H38ClN3O4S/c1-6-18-33-31(37)29(7-2)34(20-25-11-9-8-10-23(25)4)30(36)21-35(26-15-14-24(5)28(32)19-26)40(38,39)27-16-12-22(3)13-17-27/h8-17,19,29H,6-7,18,20-21H2,1-5H3,(H,33,37)/t29-/m1/s1. The second-order valence-electron chi connectivity index (χ2n) is 9.92. The Bertz CT molecular complexity index is 1440. The van der Waals surface area contributed by atoms with Crippen molar-refractivity contribution in [1.29, 1.82) is 0 Å². The Labute approximate surface area is 243 Å². The lowest BCUT2D eigenvalue weighted by Crippen LogP contribution is -2.52. The van der Waals surface area contributed by atoms with E-state index in [1.807, 2.05) is 58.9 Å². The first-order valence-corrected chi connectivity index (χ1v) is 15.3. The van der Waals surface area contributed by atoms with Crippen molar-refractivity contribution < 1.29 is 18.0 Å². The van der Waals surface area contributed by atoms with Gasteiger partial charge < -0.3 is 10.2 Å². The fraction of sp³-hybridized carbons (Fsp3) is 0.355. The highest BCUT2D eigenvalue weighted by Crippen LogP contribution is 2.29. The quantitative estimate of drug-likeness (QED) is 0.292. The van der Waals surface area contributed by atoms with E-state index >= 15 is 0 Å². The second-order valence-corrected chi connectivity index (χ2v) is 12.2. The van der Waals surface area contributed by atoms with Crippen molar-refractivity contribution in [3.05, 3.63) is 94.0 Å². The van der Waals surface area contributed by atoms with Gasteiger partial charge in [0, 0.05) is 18.1 Å². The van der Waals surface area contributed by atoms with Gasteiger partial charge >= 0.3 is 0 Å². The molecule has 40 heavy (non-hydrogen) atoms. The van der Waals surface area contributed by atoms with Gasteiger partial charge in [-0.15, -0.1) is 0 Å². The number of nitrogens with one attached hydrogen (secondary N) is 1. The van der Waals surface area contributed by atoms with Gasteiger partial charge in [-0.3, -0.25) is 13.9 Å². The molecule has 0 radical (unpaired) electrons. The van der Waals surface area contributed by atoms with E-state index in [2.05, 4.69) is 5.32 Å².